The Morgan fingerprint density at radius 3 is 2.69 bits per heavy atom. The number of halogens is 4. The number of epoxide rings is 1. The van der Waals surface area contributed by atoms with E-state index in [2.05, 4.69) is 10.3 Å². The number of amides is 2. The van der Waals surface area contributed by atoms with Crippen LogP contribution in [-0.4, -0.2) is 47.1 Å². The maximum absolute atomic E-state index is 14.6. The quantitative estimate of drug-likeness (QED) is 0.363. The van der Waals surface area contributed by atoms with Gasteiger partial charge in [0.25, 0.3) is 5.92 Å². The summed E-state index contributed by atoms with van der Waals surface area (Å²) in [7, 11) is 0. The second kappa shape index (κ2) is 10.9. The number of alkyl halides is 2. The third kappa shape index (κ3) is 5.40. The van der Waals surface area contributed by atoms with Gasteiger partial charge < -0.3 is 15.0 Å². The molecule has 2 aliphatic heterocycles. The fraction of sp³-hybridized carbons (Fsp3) is 0.333. The molecule has 2 aromatic carbocycles. The minimum absolute atomic E-state index is 0.194. The number of pyridine rings is 1. The fourth-order valence-electron chi connectivity index (χ4n) is 5.79. The Morgan fingerprint density at radius 2 is 1.98 bits per heavy atom. The summed E-state index contributed by atoms with van der Waals surface area (Å²) >= 11 is 6.57. The smallest absolute Gasteiger partial charge is 0.252 e. The SMILES string of the molecule is N#Cc1ccnc(N2C(=O)CC[C@H]2C2OC2N(c2cccc(F)c2)[C@H](C(=O)NC2CC(F)(F)C2)c2ccccc2Cl)c1. The van der Waals surface area contributed by atoms with Crippen LogP contribution in [0.5, 0.6) is 0 Å². The van der Waals surface area contributed by atoms with Gasteiger partial charge in [0.2, 0.25) is 11.8 Å². The molecule has 42 heavy (non-hydrogen) atoms. The van der Waals surface area contributed by atoms with Crippen molar-refractivity contribution in [3.05, 3.63) is 88.8 Å². The minimum atomic E-state index is -2.85. The molecule has 0 spiro atoms. The maximum atomic E-state index is 14.6. The van der Waals surface area contributed by atoms with Crippen LogP contribution in [0.2, 0.25) is 5.02 Å². The summed E-state index contributed by atoms with van der Waals surface area (Å²) in [5.74, 6) is -3.88. The molecule has 1 aromatic heterocycles. The van der Waals surface area contributed by atoms with Crippen molar-refractivity contribution in [2.45, 2.75) is 62.1 Å². The van der Waals surface area contributed by atoms with Crippen LogP contribution in [0.3, 0.4) is 0 Å². The van der Waals surface area contributed by atoms with Crippen LogP contribution in [0.15, 0.2) is 66.9 Å². The topological polar surface area (TPSA) is 102 Å². The molecular weight excluding hydrogens is 571 g/mol. The van der Waals surface area contributed by atoms with Gasteiger partial charge in [-0.1, -0.05) is 35.9 Å². The number of carbonyl (C=O) groups is 2. The van der Waals surface area contributed by atoms with Crippen LogP contribution in [0.1, 0.15) is 42.9 Å². The van der Waals surface area contributed by atoms with Gasteiger partial charge in [-0.05, 0) is 42.8 Å². The number of hydrogen-bond donors (Lipinski definition) is 1. The highest BCUT2D eigenvalue weighted by molar-refractivity contribution is 6.31. The molecule has 3 heterocycles. The van der Waals surface area contributed by atoms with Crippen molar-refractivity contribution in [3.8, 4) is 6.07 Å². The molecule has 0 bridgehead atoms. The number of nitriles is 1. The number of anilines is 2. The number of hydrogen-bond acceptors (Lipinski definition) is 6. The van der Waals surface area contributed by atoms with Crippen LogP contribution in [0.4, 0.5) is 24.7 Å². The summed E-state index contributed by atoms with van der Waals surface area (Å²) < 4.78 is 47.9. The number of nitrogens with one attached hydrogen (secondary N) is 1. The van der Waals surface area contributed by atoms with Gasteiger partial charge in [0.15, 0.2) is 6.23 Å². The maximum Gasteiger partial charge on any atom is 0.252 e. The van der Waals surface area contributed by atoms with Crippen LogP contribution in [-0.2, 0) is 14.3 Å². The zero-order chi connectivity index (χ0) is 29.6. The summed E-state index contributed by atoms with van der Waals surface area (Å²) in [4.78, 5) is 34.2. The molecular formula is C30H25ClF3N5O3. The molecule has 1 N–H and O–H groups in total. The molecule has 2 saturated heterocycles. The zero-order valence-electron chi connectivity index (χ0n) is 22.1. The van der Waals surface area contributed by atoms with Gasteiger partial charge >= 0.3 is 0 Å². The van der Waals surface area contributed by atoms with Crippen molar-refractivity contribution in [2.75, 3.05) is 9.80 Å². The third-order valence-electron chi connectivity index (χ3n) is 7.80. The molecule has 2 unspecified atom stereocenters. The van der Waals surface area contributed by atoms with Crippen LogP contribution >= 0.6 is 11.6 Å². The Morgan fingerprint density at radius 1 is 1.19 bits per heavy atom. The van der Waals surface area contributed by atoms with Crippen molar-refractivity contribution < 1.29 is 27.5 Å². The third-order valence-corrected chi connectivity index (χ3v) is 8.14. The zero-order valence-corrected chi connectivity index (χ0v) is 22.8. The predicted molar refractivity (Wildman–Crippen MR) is 147 cm³/mol. The van der Waals surface area contributed by atoms with E-state index in [1.807, 2.05) is 6.07 Å². The summed E-state index contributed by atoms with van der Waals surface area (Å²) in [5, 5.41) is 12.3. The number of aromatic nitrogens is 1. The second-order valence-electron chi connectivity index (χ2n) is 10.7. The van der Waals surface area contributed by atoms with Crippen LogP contribution in [0.25, 0.3) is 0 Å². The van der Waals surface area contributed by atoms with Gasteiger partial charge in [-0.25, -0.2) is 18.2 Å². The molecule has 12 heteroatoms. The van der Waals surface area contributed by atoms with Crippen molar-refractivity contribution >= 4 is 34.9 Å². The van der Waals surface area contributed by atoms with Crippen molar-refractivity contribution in [1.29, 1.82) is 5.26 Å². The molecule has 4 atom stereocenters. The summed E-state index contributed by atoms with van der Waals surface area (Å²) in [6.45, 7) is 0. The lowest BCUT2D eigenvalue weighted by atomic mass is 9.87. The highest BCUT2D eigenvalue weighted by atomic mass is 35.5. The lowest BCUT2D eigenvalue weighted by Gasteiger charge is -2.38. The van der Waals surface area contributed by atoms with Crippen molar-refractivity contribution in [1.82, 2.24) is 10.3 Å². The number of nitrogens with zero attached hydrogens (tertiary/aromatic N) is 4. The van der Waals surface area contributed by atoms with Gasteiger partial charge in [-0.15, -0.1) is 0 Å². The van der Waals surface area contributed by atoms with E-state index in [0.717, 1.165) is 0 Å². The average Bonchev–Trinajstić information content (AvgIpc) is 3.63. The first-order valence-electron chi connectivity index (χ1n) is 13.5. The molecule has 1 saturated carbocycles. The Bertz CT molecular complexity index is 1580. The average molecular weight is 596 g/mol. The molecule has 6 rings (SSSR count). The number of rotatable bonds is 8. The number of ether oxygens (including phenoxy) is 1. The van der Waals surface area contributed by atoms with E-state index in [4.69, 9.17) is 16.3 Å². The summed E-state index contributed by atoms with van der Waals surface area (Å²) in [6, 6.07) is 15.0. The molecule has 3 aliphatic rings. The van der Waals surface area contributed by atoms with E-state index in [0.29, 0.717) is 29.1 Å². The lowest BCUT2D eigenvalue weighted by molar-refractivity contribution is -0.130. The first-order valence-corrected chi connectivity index (χ1v) is 13.8. The molecule has 3 fully saturated rings. The molecule has 2 amide bonds. The molecule has 216 valence electrons. The molecule has 1 aliphatic carbocycles. The van der Waals surface area contributed by atoms with Crippen molar-refractivity contribution in [3.63, 3.8) is 0 Å². The van der Waals surface area contributed by atoms with Crippen LogP contribution < -0.4 is 15.1 Å². The van der Waals surface area contributed by atoms with Crippen molar-refractivity contribution in [2.24, 2.45) is 0 Å². The van der Waals surface area contributed by atoms with E-state index in [1.54, 1.807) is 35.2 Å². The van der Waals surface area contributed by atoms with Gasteiger partial charge in [-0.3, -0.25) is 14.5 Å². The first kappa shape index (κ1) is 28.0. The normalized spacial score (nSPS) is 23.5. The highest BCUT2D eigenvalue weighted by Crippen LogP contribution is 2.45. The van der Waals surface area contributed by atoms with Gasteiger partial charge in [0.1, 0.15) is 23.8 Å². The Hall–Kier alpha value is -4.14. The molecule has 3 aromatic rings. The fourth-order valence-corrected chi connectivity index (χ4v) is 6.03. The Labute approximate surface area is 244 Å². The Balaban J connectivity index is 1.37. The molecule has 0 radical (unpaired) electrons. The van der Waals surface area contributed by atoms with Gasteiger partial charge in [0, 0.05) is 47.8 Å². The van der Waals surface area contributed by atoms with Crippen LogP contribution in [0, 0.1) is 17.1 Å². The van der Waals surface area contributed by atoms with Gasteiger partial charge in [0.05, 0.1) is 17.7 Å². The van der Waals surface area contributed by atoms with E-state index in [1.165, 1.54) is 41.4 Å². The summed E-state index contributed by atoms with van der Waals surface area (Å²) in [5.41, 5.74) is 1.02. The van der Waals surface area contributed by atoms with Gasteiger partial charge in [-0.2, -0.15) is 5.26 Å². The molecule has 8 nitrogen and oxygen atoms in total. The largest absolute Gasteiger partial charge is 0.351 e. The van der Waals surface area contributed by atoms with E-state index in [-0.39, 0.29) is 17.4 Å². The Kier molecular flexibility index (Phi) is 7.29. The van der Waals surface area contributed by atoms with E-state index in [9.17, 15) is 28.0 Å². The second-order valence-corrected chi connectivity index (χ2v) is 11.1. The van der Waals surface area contributed by atoms with E-state index >= 15 is 0 Å². The number of benzene rings is 2. The number of carbonyl (C=O) groups excluding carboxylic acids is 2. The standard InChI is InChI=1S/C30H25ClF3N5O3/c31-22-7-2-1-6-21(22)26(28(41)37-19-14-30(33,34)15-19)38(20-5-3-4-18(32)13-20)29-27(42-29)23-8-9-25(40)39(23)24-12-17(16-35)10-11-36-24/h1-7,10-13,19,23,26-27,29H,8-9,14-15H2,(H,37,41)/t23-,26-,27?,29?/m0/s1. The first-order chi connectivity index (χ1) is 20.1. The minimum Gasteiger partial charge on any atom is -0.351 e. The summed E-state index contributed by atoms with van der Waals surface area (Å²) in [6.07, 6.45) is -0.287. The highest BCUT2D eigenvalue weighted by Gasteiger charge is 2.57. The van der Waals surface area contributed by atoms with E-state index < -0.39 is 60.9 Å². The lowest BCUT2D eigenvalue weighted by Crippen LogP contribution is -2.54. The monoisotopic (exact) mass is 595 g/mol. The predicted octanol–water partition coefficient (Wildman–Crippen LogP) is 5.13.